The SMILES string of the molecule is C[SiH](C)OC(c1c(-c2cccnc2)ccc2c(CCC3CCN(C(=O)O)CC3)noc12)C(C)(C)C. The van der Waals surface area contributed by atoms with E-state index in [0.29, 0.717) is 19.0 Å². The van der Waals surface area contributed by atoms with Gasteiger partial charge in [-0.05, 0) is 67.8 Å². The zero-order valence-electron chi connectivity index (χ0n) is 21.5. The summed E-state index contributed by atoms with van der Waals surface area (Å²) in [5.74, 6) is 0.504. The van der Waals surface area contributed by atoms with Gasteiger partial charge in [0, 0.05) is 42.0 Å². The van der Waals surface area contributed by atoms with Crippen molar-refractivity contribution in [1.82, 2.24) is 15.0 Å². The third-order valence-electron chi connectivity index (χ3n) is 6.86. The van der Waals surface area contributed by atoms with E-state index in [0.717, 1.165) is 59.0 Å². The molecule has 3 aromatic rings. The number of fused-ring (bicyclic) bond motifs is 1. The minimum atomic E-state index is -1.36. The van der Waals surface area contributed by atoms with Gasteiger partial charge >= 0.3 is 6.09 Å². The molecule has 188 valence electrons. The van der Waals surface area contributed by atoms with E-state index >= 15 is 0 Å². The summed E-state index contributed by atoms with van der Waals surface area (Å²) >= 11 is 0. The highest BCUT2D eigenvalue weighted by Gasteiger charge is 2.34. The lowest BCUT2D eigenvalue weighted by Crippen LogP contribution is -2.37. The standard InChI is InChI=1S/C27H37N3O4Si/c1-27(2,3)25(34-35(4)5)23-20(19-7-6-14-28-17-19)9-10-21-22(29-33-24(21)23)11-8-18-12-15-30(16-13-18)26(31)32/h6-7,9-10,14,17-18,25,35H,8,11-13,15-16H2,1-5H3,(H,31,32). The molecule has 1 amide bonds. The number of benzene rings is 1. The third-order valence-corrected chi connectivity index (χ3v) is 7.67. The molecule has 1 unspecified atom stereocenters. The van der Waals surface area contributed by atoms with Crippen molar-refractivity contribution in [1.29, 1.82) is 0 Å². The molecule has 1 aliphatic rings. The quantitative estimate of drug-likeness (QED) is 0.387. The highest BCUT2D eigenvalue weighted by molar-refractivity contribution is 6.48. The highest BCUT2D eigenvalue weighted by Crippen LogP contribution is 2.45. The van der Waals surface area contributed by atoms with Crippen molar-refractivity contribution in [3.8, 4) is 11.1 Å². The van der Waals surface area contributed by atoms with Crippen molar-refractivity contribution in [3.63, 3.8) is 0 Å². The normalized spacial score (nSPS) is 16.2. The molecule has 1 saturated heterocycles. The molecule has 1 aromatic carbocycles. The molecular weight excluding hydrogens is 458 g/mol. The number of pyridine rings is 1. The van der Waals surface area contributed by atoms with E-state index in [4.69, 9.17) is 8.95 Å². The molecule has 3 heterocycles. The van der Waals surface area contributed by atoms with Crippen molar-refractivity contribution < 1.29 is 18.9 Å². The van der Waals surface area contributed by atoms with Crippen molar-refractivity contribution in [2.75, 3.05) is 13.1 Å². The van der Waals surface area contributed by atoms with Gasteiger partial charge in [0.05, 0.1) is 11.8 Å². The lowest BCUT2D eigenvalue weighted by Gasteiger charge is -2.34. The average molecular weight is 496 g/mol. The summed E-state index contributed by atoms with van der Waals surface area (Å²) < 4.78 is 12.7. The molecule has 0 aliphatic carbocycles. The zero-order valence-corrected chi connectivity index (χ0v) is 22.6. The Hall–Kier alpha value is -2.71. The Morgan fingerprint density at radius 2 is 2.00 bits per heavy atom. The second-order valence-corrected chi connectivity index (χ2v) is 13.3. The molecular formula is C27H37N3O4Si. The first-order valence-corrected chi connectivity index (χ1v) is 15.4. The number of hydrogen-bond donors (Lipinski definition) is 1. The van der Waals surface area contributed by atoms with Crippen LogP contribution < -0.4 is 0 Å². The number of likely N-dealkylation sites (tertiary alicyclic amines) is 1. The first-order valence-electron chi connectivity index (χ1n) is 12.6. The fourth-order valence-corrected chi connectivity index (χ4v) is 6.11. The van der Waals surface area contributed by atoms with Gasteiger partial charge in [-0.15, -0.1) is 0 Å². The zero-order chi connectivity index (χ0) is 25.2. The van der Waals surface area contributed by atoms with Crippen molar-refractivity contribution in [2.24, 2.45) is 11.3 Å². The lowest BCUT2D eigenvalue weighted by molar-refractivity contribution is 0.0872. The topological polar surface area (TPSA) is 88.7 Å². The first kappa shape index (κ1) is 25.4. The molecule has 1 fully saturated rings. The Balaban J connectivity index is 1.68. The maximum atomic E-state index is 11.2. The molecule has 35 heavy (non-hydrogen) atoms. The number of amides is 1. The molecule has 4 rings (SSSR count). The van der Waals surface area contributed by atoms with Crippen LogP contribution in [0.1, 0.15) is 57.4 Å². The highest BCUT2D eigenvalue weighted by atomic mass is 28.3. The van der Waals surface area contributed by atoms with Gasteiger partial charge in [0.15, 0.2) is 14.6 Å². The van der Waals surface area contributed by atoms with Crippen molar-refractivity contribution in [3.05, 3.63) is 47.9 Å². The molecule has 0 spiro atoms. The van der Waals surface area contributed by atoms with Crippen LogP contribution in [0.15, 0.2) is 41.2 Å². The number of hydrogen-bond acceptors (Lipinski definition) is 5. The first-order chi connectivity index (χ1) is 16.6. The minimum Gasteiger partial charge on any atom is -0.465 e. The van der Waals surface area contributed by atoms with Crippen LogP contribution in [0.3, 0.4) is 0 Å². The second-order valence-electron chi connectivity index (χ2n) is 11.0. The molecule has 1 atom stereocenters. The number of carbonyl (C=O) groups is 1. The maximum Gasteiger partial charge on any atom is 0.407 e. The molecule has 7 nitrogen and oxygen atoms in total. The molecule has 0 saturated carbocycles. The lowest BCUT2D eigenvalue weighted by atomic mass is 9.81. The fourth-order valence-electron chi connectivity index (χ4n) is 5.02. The van der Waals surface area contributed by atoms with Crippen LogP contribution in [0.2, 0.25) is 13.1 Å². The van der Waals surface area contributed by atoms with E-state index in [1.165, 1.54) is 4.90 Å². The van der Waals surface area contributed by atoms with E-state index < -0.39 is 15.1 Å². The molecule has 8 heteroatoms. The number of rotatable bonds is 7. The maximum absolute atomic E-state index is 11.2. The van der Waals surface area contributed by atoms with Gasteiger partial charge in [-0.3, -0.25) is 4.98 Å². The average Bonchev–Trinajstić information content (AvgIpc) is 3.24. The van der Waals surface area contributed by atoms with E-state index in [1.54, 1.807) is 6.20 Å². The van der Waals surface area contributed by atoms with Crippen molar-refractivity contribution >= 4 is 26.1 Å². The van der Waals surface area contributed by atoms with E-state index in [-0.39, 0.29) is 11.5 Å². The Morgan fingerprint density at radius 3 is 2.60 bits per heavy atom. The summed E-state index contributed by atoms with van der Waals surface area (Å²) in [6, 6.07) is 8.30. The Bertz CT molecular complexity index is 1150. The Kier molecular flexibility index (Phi) is 7.61. The number of aryl methyl sites for hydroxylation is 1. The van der Waals surface area contributed by atoms with Crippen LogP contribution in [0.4, 0.5) is 4.79 Å². The fraction of sp³-hybridized carbons (Fsp3) is 0.519. The second kappa shape index (κ2) is 10.5. The van der Waals surface area contributed by atoms with E-state index in [2.05, 4.69) is 62.2 Å². The van der Waals surface area contributed by atoms with Gasteiger partial charge in [-0.2, -0.15) is 0 Å². The number of piperidine rings is 1. The van der Waals surface area contributed by atoms with Crippen LogP contribution in [0, 0.1) is 11.3 Å². The summed E-state index contributed by atoms with van der Waals surface area (Å²) in [6.45, 7) is 12.3. The predicted octanol–water partition coefficient (Wildman–Crippen LogP) is 6.30. The third kappa shape index (κ3) is 5.75. The minimum absolute atomic E-state index is 0.130. The van der Waals surface area contributed by atoms with Crippen molar-refractivity contribution in [2.45, 2.75) is 65.7 Å². The summed E-state index contributed by atoms with van der Waals surface area (Å²) in [5, 5.41) is 14.8. The predicted molar refractivity (Wildman–Crippen MR) is 140 cm³/mol. The van der Waals surface area contributed by atoms with E-state index in [1.807, 2.05) is 12.3 Å². The van der Waals surface area contributed by atoms with Gasteiger partial charge in [-0.1, -0.05) is 38.1 Å². The van der Waals surface area contributed by atoms with Gasteiger partial charge in [0.25, 0.3) is 0 Å². The monoisotopic (exact) mass is 495 g/mol. The summed E-state index contributed by atoms with van der Waals surface area (Å²) in [7, 11) is -1.36. The number of carboxylic acid groups (broad SMARTS) is 1. The molecule has 1 N–H and O–H groups in total. The smallest absolute Gasteiger partial charge is 0.407 e. The van der Waals surface area contributed by atoms with Crippen LogP contribution in [0.5, 0.6) is 0 Å². The molecule has 2 aromatic heterocycles. The van der Waals surface area contributed by atoms with Gasteiger partial charge in [-0.25, -0.2) is 4.79 Å². The summed E-state index contributed by atoms with van der Waals surface area (Å²) in [5.41, 5.74) is 4.80. The Morgan fingerprint density at radius 1 is 1.26 bits per heavy atom. The summed E-state index contributed by atoms with van der Waals surface area (Å²) in [6.07, 6.45) is 6.32. The number of aromatic nitrogens is 2. The van der Waals surface area contributed by atoms with Gasteiger partial charge in [0.1, 0.15) is 0 Å². The largest absolute Gasteiger partial charge is 0.465 e. The van der Waals surface area contributed by atoms with Crippen LogP contribution in [-0.4, -0.2) is 48.4 Å². The number of nitrogens with zero attached hydrogens (tertiary/aromatic N) is 3. The van der Waals surface area contributed by atoms with Crippen LogP contribution in [0.25, 0.3) is 22.1 Å². The molecule has 0 bridgehead atoms. The summed E-state index contributed by atoms with van der Waals surface area (Å²) in [4.78, 5) is 17.1. The Labute approximate surface area is 209 Å². The van der Waals surface area contributed by atoms with Crippen LogP contribution >= 0.6 is 0 Å². The van der Waals surface area contributed by atoms with E-state index in [9.17, 15) is 9.90 Å². The van der Waals surface area contributed by atoms with Gasteiger partial charge < -0.3 is 19.0 Å². The van der Waals surface area contributed by atoms with Crippen LogP contribution in [-0.2, 0) is 10.8 Å². The molecule has 1 aliphatic heterocycles. The molecule has 0 radical (unpaired) electrons. The van der Waals surface area contributed by atoms with Gasteiger partial charge in [0.2, 0.25) is 0 Å².